The van der Waals surface area contributed by atoms with Crippen molar-refractivity contribution in [3.63, 3.8) is 0 Å². The van der Waals surface area contributed by atoms with Crippen LogP contribution in [0, 0.1) is 40.8 Å². The molecule has 0 aliphatic carbocycles. The van der Waals surface area contributed by atoms with Crippen LogP contribution >= 0.6 is 0 Å². The van der Waals surface area contributed by atoms with Gasteiger partial charge in [0.2, 0.25) is 0 Å². The van der Waals surface area contributed by atoms with Crippen LogP contribution in [0.3, 0.4) is 0 Å². The first-order valence-corrected chi connectivity index (χ1v) is 0.866. The molecule has 0 atom stereocenters. The van der Waals surface area contributed by atoms with E-state index in [4.69, 9.17) is 3.80 Å². The standard InChI is InChI=1S/Al.Nd.O.Y.H. The fourth-order valence-corrected chi connectivity index (χ4v) is 0. The molecule has 0 N–H and O–H groups in total. The van der Waals surface area contributed by atoms with Crippen molar-refractivity contribution in [3.8, 4) is 0 Å². The summed E-state index contributed by atoms with van der Waals surface area (Å²) < 4.78 is 8.28. The van der Waals surface area contributed by atoms with E-state index in [2.05, 4.69) is 0 Å². The SMILES string of the molecule is [Nd].[O]=[AlH].[Y]. The third kappa shape index (κ3) is 8.84. The van der Waals surface area contributed by atoms with Gasteiger partial charge < -0.3 is 0 Å². The summed E-state index contributed by atoms with van der Waals surface area (Å²) in [5.41, 5.74) is 0. The van der Waals surface area contributed by atoms with E-state index >= 15 is 0 Å². The molecule has 1 nitrogen and oxygen atoms in total. The van der Waals surface area contributed by atoms with Gasteiger partial charge in [-0.2, -0.15) is 0 Å². The van der Waals surface area contributed by atoms with Gasteiger partial charge >= 0.3 is 20.0 Å². The summed E-state index contributed by atoms with van der Waals surface area (Å²) in [6.45, 7) is 0. The monoisotopic (exact) mass is 275 g/mol. The van der Waals surface area contributed by atoms with Gasteiger partial charge in [-0.1, -0.05) is 0 Å². The van der Waals surface area contributed by atoms with E-state index < -0.39 is 0 Å². The van der Waals surface area contributed by atoms with Gasteiger partial charge in [-0.25, -0.2) is 0 Å². The third-order valence-electron chi connectivity index (χ3n) is 0. The Hall–Kier alpha value is 2.79. The summed E-state index contributed by atoms with van der Waals surface area (Å²) in [6, 6.07) is 0. The fourth-order valence-electron chi connectivity index (χ4n) is 0. The van der Waals surface area contributed by atoms with Crippen molar-refractivity contribution in [2.24, 2.45) is 0 Å². The zero-order valence-electron chi connectivity index (χ0n) is 2.19. The van der Waals surface area contributed by atoms with Crippen LogP contribution in [0.25, 0.3) is 0 Å². The molecule has 0 unspecified atom stereocenters. The first kappa shape index (κ1) is 15.8. The number of hydrogen-bond donors (Lipinski definition) is 0. The number of hydrogen-bond acceptors (Lipinski definition) is 1. The van der Waals surface area contributed by atoms with E-state index in [1.165, 1.54) is 0 Å². The molecule has 0 aliphatic rings. The normalized spacial score (nSPS) is 0.750. The third-order valence-corrected chi connectivity index (χ3v) is 0. The Morgan fingerprint density at radius 1 is 1.25 bits per heavy atom. The Kier molecular flexibility index (Phi) is 67.6. The van der Waals surface area contributed by atoms with Crippen molar-refractivity contribution in [1.82, 2.24) is 0 Å². The molecule has 0 aromatic rings. The quantitative estimate of drug-likeness (QED) is 0.531. The molecule has 0 bridgehead atoms. The van der Waals surface area contributed by atoms with Crippen LogP contribution in [0.1, 0.15) is 0 Å². The van der Waals surface area contributed by atoms with Crippen molar-refractivity contribution >= 4 is 16.2 Å². The molecule has 0 aromatic heterocycles. The topological polar surface area (TPSA) is 17.1 Å². The van der Waals surface area contributed by atoms with Crippen molar-refractivity contribution in [1.29, 1.82) is 0 Å². The Balaban J connectivity index is -0.00000000500. The molecule has 1 radical (unpaired) electrons. The molecule has 0 aromatic carbocycles. The average molecular weight is 277 g/mol. The maximum Gasteiger partial charge on any atom is 0 e. The summed E-state index contributed by atoms with van der Waals surface area (Å²) in [4.78, 5) is 0. The molecule has 0 rings (SSSR count). The summed E-state index contributed by atoms with van der Waals surface area (Å²) in [5, 5.41) is 0. The van der Waals surface area contributed by atoms with Crippen LogP contribution in [0.2, 0.25) is 0 Å². The first-order valence-electron chi connectivity index (χ1n) is 0.289. The Morgan fingerprint density at radius 3 is 1.25 bits per heavy atom. The number of rotatable bonds is 0. The maximum absolute atomic E-state index is 8.28. The van der Waals surface area contributed by atoms with Gasteiger partial charge in [0.05, 0.1) is 0 Å². The molecular formula is HAlNdOY. The first-order chi connectivity index (χ1) is 1.00. The molecule has 0 fully saturated rings. The Labute approximate surface area is 91.3 Å². The zero-order chi connectivity index (χ0) is 2.00. The van der Waals surface area contributed by atoms with E-state index in [1.807, 2.05) is 0 Å². The van der Waals surface area contributed by atoms with Gasteiger partial charge in [-0.3, -0.25) is 0 Å². The summed E-state index contributed by atoms with van der Waals surface area (Å²) in [7, 11) is 0. The molecule has 0 saturated carbocycles. The molecule has 0 saturated heterocycles. The summed E-state index contributed by atoms with van der Waals surface area (Å²) in [5.74, 6) is 0. The minimum absolute atomic E-state index is 0. The van der Waals surface area contributed by atoms with Crippen LogP contribution < -0.4 is 0 Å². The second-order valence-corrected chi connectivity index (χ2v) is 0. The fraction of sp³-hybridized carbons (Fsp3) is 0. The average Bonchev–Trinajstić information content (AvgIpc) is 1.00. The van der Waals surface area contributed by atoms with E-state index in [-0.39, 0.29) is 73.5 Å². The van der Waals surface area contributed by atoms with Crippen molar-refractivity contribution < 1.29 is 77.4 Å². The second-order valence-electron chi connectivity index (χ2n) is 0. The van der Waals surface area contributed by atoms with Gasteiger partial charge in [0, 0.05) is 73.5 Å². The molecular weight excluding hydrogens is 276 g/mol. The van der Waals surface area contributed by atoms with Gasteiger partial charge in [-0.15, -0.1) is 0 Å². The zero-order valence-corrected chi connectivity index (χ0v) is 9.65. The van der Waals surface area contributed by atoms with Crippen LogP contribution in [0.4, 0.5) is 0 Å². The minimum atomic E-state index is 0. The van der Waals surface area contributed by atoms with Gasteiger partial charge in [0.25, 0.3) is 0 Å². The Morgan fingerprint density at radius 2 is 1.25 bits per heavy atom. The smallest absolute Gasteiger partial charge is 0 e. The molecule has 0 amide bonds. The largest absolute Gasteiger partial charge is 0 e. The molecule has 17 valence electrons. The predicted octanol–water partition coefficient (Wildman–Crippen LogP) is -0.770. The van der Waals surface area contributed by atoms with Crippen LogP contribution in [-0.2, 0) is 36.5 Å². The maximum atomic E-state index is 8.28. The van der Waals surface area contributed by atoms with E-state index in [0.29, 0.717) is 16.2 Å². The van der Waals surface area contributed by atoms with E-state index in [1.54, 1.807) is 0 Å². The van der Waals surface area contributed by atoms with Crippen molar-refractivity contribution in [2.45, 2.75) is 0 Å². The molecule has 4 heteroatoms. The van der Waals surface area contributed by atoms with Gasteiger partial charge in [0.15, 0.2) is 0 Å². The van der Waals surface area contributed by atoms with Crippen LogP contribution in [0.15, 0.2) is 0 Å². The minimum Gasteiger partial charge on any atom is 0 e. The molecule has 0 spiro atoms. The van der Waals surface area contributed by atoms with Crippen LogP contribution in [-0.4, -0.2) is 16.2 Å². The summed E-state index contributed by atoms with van der Waals surface area (Å²) in [6.07, 6.45) is 0. The van der Waals surface area contributed by atoms with Crippen molar-refractivity contribution in [2.75, 3.05) is 0 Å². The van der Waals surface area contributed by atoms with Crippen LogP contribution in [0.5, 0.6) is 0 Å². The van der Waals surface area contributed by atoms with Gasteiger partial charge in [-0.05, 0) is 0 Å². The summed E-state index contributed by atoms with van der Waals surface area (Å²) >= 11 is 0.611. The molecule has 0 aliphatic heterocycles. The molecule has 0 heterocycles. The van der Waals surface area contributed by atoms with Crippen molar-refractivity contribution in [3.05, 3.63) is 0 Å². The van der Waals surface area contributed by atoms with E-state index in [9.17, 15) is 0 Å². The Bertz CT molecular complexity index is 8.00. The molecule has 4 heavy (non-hydrogen) atoms. The predicted molar refractivity (Wildman–Crippen MR) is 7.84 cm³/mol. The second kappa shape index (κ2) is 17.1. The van der Waals surface area contributed by atoms with Gasteiger partial charge in [0.1, 0.15) is 0 Å². The van der Waals surface area contributed by atoms with E-state index in [0.717, 1.165) is 0 Å².